The summed E-state index contributed by atoms with van der Waals surface area (Å²) in [4.78, 5) is 15.3. The van der Waals surface area contributed by atoms with E-state index in [4.69, 9.17) is 4.74 Å². The number of hydrogen-bond acceptors (Lipinski definition) is 3. The van der Waals surface area contributed by atoms with Gasteiger partial charge in [-0.3, -0.25) is 4.79 Å². The van der Waals surface area contributed by atoms with Gasteiger partial charge in [0.25, 0.3) is 5.91 Å². The maximum absolute atomic E-state index is 13.2. The average Bonchev–Trinajstić information content (AvgIpc) is 3.41. The van der Waals surface area contributed by atoms with E-state index >= 15 is 0 Å². The number of benzene rings is 1. The van der Waals surface area contributed by atoms with Crippen LogP contribution in [0.4, 0.5) is 0 Å². The van der Waals surface area contributed by atoms with Crippen molar-refractivity contribution < 1.29 is 9.53 Å². The Kier molecular flexibility index (Phi) is 4.47. The van der Waals surface area contributed by atoms with Gasteiger partial charge in [0.2, 0.25) is 0 Å². The molecule has 4 rings (SSSR count). The summed E-state index contributed by atoms with van der Waals surface area (Å²) in [6.07, 6.45) is 9.12. The zero-order valence-corrected chi connectivity index (χ0v) is 14.7. The van der Waals surface area contributed by atoms with Crippen molar-refractivity contribution in [3.63, 3.8) is 0 Å². The number of para-hydroxylation sites is 1. The Morgan fingerprint density at radius 3 is 2.60 bits per heavy atom. The summed E-state index contributed by atoms with van der Waals surface area (Å²) < 4.78 is 7.19. The molecule has 2 aliphatic rings. The first-order valence-corrected chi connectivity index (χ1v) is 9.28. The van der Waals surface area contributed by atoms with Gasteiger partial charge < -0.3 is 9.64 Å². The second-order valence-corrected chi connectivity index (χ2v) is 7.08. The minimum atomic E-state index is 0.0148. The Hall–Kier alpha value is -2.30. The number of carbonyl (C=O) groups excluding carboxylic acids is 1. The Labute approximate surface area is 148 Å². The monoisotopic (exact) mass is 339 g/mol. The van der Waals surface area contributed by atoms with Crippen LogP contribution in [0.1, 0.15) is 49.0 Å². The number of amides is 1. The van der Waals surface area contributed by atoms with Crippen LogP contribution in [-0.2, 0) is 0 Å². The Morgan fingerprint density at radius 2 is 1.88 bits per heavy atom. The van der Waals surface area contributed by atoms with Crippen LogP contribution >= 0.6 is 0 Å². The Morgan fingerprint density at radius 1 is 1.12 bits per heavy atom. The van der Waals surface area contributed by atoms with Crippen LogP contribution in [-0.4, -0.2) is 40.3 Å². The summed E-state index contributed by atoms with van der Waals surface area (Å²) in [6.45, 7) is 0.835. The molecule has 1 aliphatic carbocycles. The fraction of sp³-hybridized carbons (Fsp3) is 0.500. The van der Waals surface area contributed by atoms with Crippen LogP contribution in [0.15, 0.2) is 36.5 Å². The molecular formula is C20H25N3O2. The van der Waals surface area contributed by atoms with Gasteiger partial charge in [0, 0.05) is 12.6 Å². The highest BCUT2D eigenvalue weighted by Crippen LogP contribution is 2.36. The molecule has 1 amide bonds. The van der Waals surface area contributed by atoms with E-state index in [-0.39, 0.29) is 5.91 Å². The van der Waals surface area contributed by atoms with Gasteiger partial charge in [0.15, 0.2) is 11.4 Å². The van der Waals surface area contributed by atoms with Crippen LogP contribution in [0.3, 0.4) is 0 Å². The molecule has 0 radical (unpaired) electrons. The molecule has 0 bridgehead atoms. The van der Waals surface area contributed by atoms with Crippen LogP contribution in [0.2, 0.25) is 0 Å². The first-order valence-electron chi connectivity index (χ1n) is 9.28. The number of ether oxygens (including phenoxy) is 1. The number of carbonyl (C=O) groups is 1. The molecule has 2 fully saturated rings. The van der Waals surface area contributed by atoms with E-state index in [1.54, 1.807) is 18.0 Å². The standard InChI is InChI=1S/C20H25N3O2/c1-25-18-14-23(16-10-3-2-4-11-16)21-19(18)20(24)22-13-7-12-17(22)15-8-5-6-9-15/h2-4,10-11,14-15,17H,5-9,12-13H2,1H3/t17-/m0/s1. The van der Waals surface area contributed by atoms with E-state index in [0.29, 0.717) is 23.4 Å². The van der Waals surface area contributed by atoms with Crippen molar-refractivity contribution in [1.29, 1.82) is 0 Å². The Balaban J connectivity index is 1.62. The van der Waals surface area contributed by atoms with Crippen molar-refractivity contribution in [2.24, 2.45) is 5.92 Å². The highest BCUT2D eigenvalue weighted by molar-refractivity contribution is 5.95. The molecule has 1 aromatic carbocycles. The predicted molar refractivity (Wildman–Crippen MR) is 96.1 cm³/mol. The molecule has 2 heterocycles. The van der Waals surface area contributed by atoms with Crippen molar-refractivity contribution in [2.75, 3.05) is 13.7 Å². The summed E-state index contributed by atoms with van der Waals surface area (Å²) in [5.74, 6) is 1.22. The number of aromatic nitrogens is 2. The molecule has 1 atom stereocenters. The van der Waals surface area contributed by atoms with Gasteiger partial charge in [-0.15, -0.1) is 0 Å². The summed E-state index contributed by atoms with van der Waals surface area (Å²) in [5.41, 5.74) is 1.35. The fourth-order valence-corrected chi connectivity index (χ4v) is 4.38. The largest absolute Gasteiger partial charge is 0.493 e. The molecule has 5 heteroatoms. The van der Waals surface area contributed by atoms with Crippen molar-refractivity contribution in [2.45, 2.75) is 44.6 Å². The van der Waals surface area contributed by atoms with Crippen LogP contribution in [0.5, 0.6) is 5.75 Å². The lowest BCUT2D eigenvalue weighted by Crippen LogP contribution is -2.39. The highest BCUT2D eigenvalue weighted by Gasteiger charge is 2.38. The molecule has 0 unspecified atom stereocenters. The molecule has 1 saturated heterocycles. The van der Waals surface area contributed by atoms with Gasteiger partial charge in [0.1, 0.15) is 0 Å². The molecule has 1 aliphatic heterocycles. The third-order valence-electron chi connectivity index (χ3n) is 5.63. The topological polar surface area (TPSA) is 47.4 Å². The molecule has 0 N–H and O–H groups in total. The van der Waals surface area contributed by atoms with E-state index < -0.39 is 0 Å². The Bertz CT molecular complexity index is 735. The molecular weight excluding hydrogens is 314 g/mol. The maximum atomic E-state index is 13.2. The van der Waals surface area contributed by atoms with E-state index in [1.165, 1.54) is 25.7 Å². The molecule has 5 nitrogen and oxygen atoms in total. The summed E-state index contributed by atoms with van der Waals surface area (Å²) in [5, 5.41) is 4.56. The molecule has 1 aromatic heterocycles. The minimum Gasteiger partial charge on any atom is -0.493 e. The predicted octanol–water partition coefficient (Wildman–Crippen LogP) is 3.68. The summed E-state index contributed by atoms with van der Waals surface area (Å²) in [6, 6.07) is 10.2. The van der Waals surface area contributed by atoms with E-state index in [0.717, 1.165) is 25.1 Å². The van der Waals surface area contributed by atoms with Crippen molar-refractivity contribution in [3.05, 3.63) is 42.2 Å². The van der Waals surface area contributed by atoms with Crippen molar-refractivity contribution in [1.82, 2.24) is 14.7 Å². The molecule has 1 saturated carbocycles. The zero-order chi connectivity index (χ0) is 17.2. The molecule has 2 aromatic rings. The zero-order valence-electron chi connectivity index (χ0n) is 14.7. The lowest BCUT2D eigenvalue weighted by atomic mass is 9.96. The van der Waals surface area contributed by atoms with Gasteiger partial charge in [0.05, 0.1) is 19.0 Å². The van der Waals surface area contributed by atoms with Gasteiger partial charge in [-0.05, 0) is 43.7 Å². The van der Waals surface area contributed by atoms with Crippen LogP contribution < -0.4 is 4.74 Å². The second kappa shape index (κ2) is 6.90. The van der Waals surface area contributed by atoms with Gasteiger partial charge in [-0.1, -0.05) is 31.0 Å². The van der Waals surface area contributed by atoms with Crippen molar-refractivity contribution >= 4 is 5.91 Å². The minimum absolute atomic E-state index is 0.0148. The quantitative estimate of drug-likeness (QED) is 0.854. The fourth-order valence-electron chi connectivity index (χ4n) is 4.38. The third-order valence-corrected chi connectivity index (χ3v) is 5.63. The summed E-state index contributed by atoms with van der Waals surface area (Å²) >= 11 is 0. The number of nitrogens with zero attached hydrogens (tertiary/aromatic N) is 3. The lowest BCUT2D eigenvalue weighted by molar-refractivity contribution is 0.0679. The molecule has 132 valence electrons. The first kappa shape index (κ1) is 16.2. The normalized spacial score (nSPS) is 21.0. The second-order valence-electron chi connectivity index (χ2n) is 7.08. The highest BCUT2D eigenvalue weighted by atomic mass is 16.5. The molecule has 25 heavy (non-hydrogen) atoms. The van der Waals surface area contributed by atoms with E-state index in [2.05, 4.69) is 10.00 Å². The smallest absolute Gasteiger partial charge is 0.278 e. The average molecular weight is 339 g/mol. The van der Waals surface area contributed by atoms with Crippen LogP contribution in [0.25, 0.3) is 5.69 Å². The van der Waals surface area contributed by atoms with Gasteiger partial charge in [-0.2, -0.15) is 5.10 Å². The summed E-state index contributed by atoms with van der Waals surface area (Å²) in [7, 11) is 1.60. The third kappa shape index (κ3) is 3.03. The van der Waals surface area contributed by atoms with Crippen molar-refractivity contribution in [3.8, 4) is 11.4 Å². The maximum Gasteiger partial charge on any atom is 0.278 e. The van der Waals surface area contributed by atoms with Gasteiger partial charge in [-0.25, -0.2) is 4.68 Å². The number of methoxy groups -OCH3 is 1. The number of hydrogen-bond donors (Lipinski definition) is 0. The molecule has 0 spiro atoms. The SMILES string of the molecule is COc1cn(-c2ccccc2)nc1C(=O)N1CCC[C@H]1C1CCCC1. The number of likely N-dealkylation sites (tertiary alicyclic amines) is 1. The van der Waals surface area contributed by atoms with Crippen LogP contribution in [0, 0.1) is 5.92 Å². The lowest BCUT2D eigenvalue weighted by Gasteiger charge is -2.29. The first-order chi connectivity index (χ1) is 12.3. The van der Waals surface area contributed by atoms with E-state index in [9.17, 15) is 4.79 Å². The van der Waals surface area contributed by atoms with E-state index in [1.807, 2.05) is 30.3 Å². The number of rotatable bonds is 4. The van der Waals surface area contributed by atoms with Gasteiger partial charge >= 0.3 is 0 Å².